The lowest BCUT2D eigenvalue weighted by molar-refractivity contribution is 0.103. The van der Waals surface area contributed by atoms with Gasteiger partial charge in [0.2, 0.25) is 5.78 Å². The second-order valence-electron chi connectivity index (χ2n) is 3.58. The minimum atomic E-state index is 0.00926. The Bertz CT molecular complexity index is 483. The zero-order valence-corrected chi connectivity index (χ0v) is 8.77. The van der Waals surface area contributed by atoms with Gasteiger partial charge in [0.15, 0.2) is 0 Å². The molecule has 0 aliphatic rings. The van der Waals surface area contributed by atoms with Gasteiger partial charge in [-0.3, -0.25) is 4.79 Å². The van der Waals surface area contributed by atoms with E-state index < -0.39 is 0 Å². The zero-order valence-electron chi connectivity index (χ0n) is 8.77. The van der Waals surface area contributed by atoms with Crippen molar-refractivity contribution in [3.8, 4) is 0 Å². The molecule has 0 saturated carbocycles. The van der Waals surface area contributed by atoms with E-state index in [2.05, 4.69) is 4.98 Å². The molecule has 0 unspecified atom stereocenters. The molecule has 0 bridgehead atoms. The number of carbonyl (C=O) groups is 1. The van der Waals surface area contributed by atoms with Crippen molar-refractivity contribution in [1.29, 1.82) is 0 Å². The normalized spacial score (nSPS) is 10.3. The average molecular weight is 200 g/mol. The Hall–Kier alpha value is -1.90. The predicted molar refractivity (Wildman–Crippen MR) is 57.8 cm³/mol. The van der Waals surface area contributed by atoms with Gasteiger partial charge in [-0.2, -0.15) is 0 Å². The molecule has 0 N–H and O–H groups in total. The summed E-state index contributed by atoms with van der Waals surface area (Å²) < 4.78 is 1.72. The summed E-state index contributed by atoms with van der Waals surface area (Å²) in [6.45, 7) is 2.00. The third-order valence-corrected chi connectivity index (χ3v) is 2.36. The number of carbonyl (C=O) groups excluding carboxylic acids is 1. The van der Waals surface area contributed by atoms with Gasteiger partial charge >= 0.3 is 0 Å². The van der Waals surface area contributed by atoms with Crippen LogP contribution in [0.1, 0.15) is 21.6 Å². The maximum Gasteiger partial charge on any atom is 0.210 e. The predicted octanol–water partition coefficient (Wildman–Crippen LogP) is 1.96. The lowest BCUT2D eigenvalue weighted by Gasteiger charge is -2.01. The van der Waals surface area contributed by atoms with Crippen LogP contribution in [-0.2, 0) is 7.05 Å². The van der Waals surface area contributed by atoms with E-state index in [1.54, 1.807) is 17.1 Å². The van der Waals surface area contributed by atoms with Crippen molar-refractivity contribution in [3.63, 3.8) is 0 Å². The number of hydrogen-bond donors (Lipinski definition) is 0. The number of rotatable bonds is 2. The van der Waals surface area contributed by atoms with Gasteiger partial charge in [-0.15, -0.1) is 0 Å². The molecule has 1 heterocycles. The minimum Gasteiger partial charge on any atom is -0.331 e. The van der Waals surface area contributed by atoms with E-state index in [-0.39, 0.29) is 5.78 Å². The van der Waals surface area contributed by atoms with Crippen molar-refractivity contribution in [2.24, 2.45) is 7.05 Å². The summed E-state index contributed by atoms with van der Waals surface area (Å²) in [6, 6.07) is 7.54. The lowest BCUT2D eigenvalue weighted by Crippen LogP contribution is -2.06. The summed E-state index contributed by atoms with van der Waals surface area (Å²) in [4.78, 5) is 15.9. The van der Waals surface area contributed by atoms with E-state index in [0.717, 1.165) is 5.56 Å². The van der Waals surface area contributed by atoms with Crippen LogP contribution in [-0.4, -0.2) is 15.3 Å². The Morgan fingerprint density at radius 3 is 2.47 bits per heavy atom. The Kier molecular flexibility index (Phi) is 2.37. The van der Waals surface area contributed by atoms with E-state index in [1.807, 2.05) is 38.2 Å². The van der Waals surface area contributed by atoms with Crippen LogP contribution in [0.2, 0.25) is 0 Å². The molecular weight excluding hydrogens is 188 g/mol. The molecule has 2 aromatic rings. The molecule has 15 heavy (non-hydrogen) atoms. The highest BCUT2D eigenvalue weighted by molar-refractivity contribution is 6.07. The first-order valence-electron chi connectivity index (χ1n) is 4.76. The summed E-state index contributed by atoms with van der Waals surface area (Å²) in [6.07, 6.45) is 3.21. The first-order chi connectivity index (χ1) is 7.18. The van der Waals surface area contributed by atoms with Crippen LogP contribution in [0.25, 0.3) is 0 Å². The minimum absolute atomic E-state index is 0.00926. The maximum atomic E-state index is 12.0. The number of nitrogens with zero attached hydrogens (tertiary/aromatic N) is 2. The molecule has 0 amide bonds. The SMILES string of the molecule is Cc1ccc(C(=O)c2cncn2C)cc1. The van der Waals surface area contributed by atoms with Crippen molar-refractivity contribution in [3.05, 3.63) is 53.6 Å². The molecule has 76 valence electrons. The maximum absolute atomic E-state index is 12.0. The van der Waals surface area contributed by atoms with Crippen LogP contribution in [0.15, 0.2) is 36.8 Å². The molecule has 3 nitrogen and oxygen atoms in total. The molecule has 0 radical (unpaired) electrons. The third kappa shape index (κ3) is 1.81. The molecular formula is C12H12N2O. The van der Waals surface area contributed by atoms with Crippen LogP contribution in [0, 0.1) is 6.92 Å². The highest BCUT2D eigenvalue weighted by Crippen LogP contribution is 2.09. The van der Waals surface area contributed by atoms with Crippen LogP contribution in [0.5, 0.6) is 0 Å². The van der Waals surface area contributed by atoms with Crippen LogP contribution < -0.4 is 0 Å². The van der Waals surface area contributed by atoms with Crippen LogP contribution in [0.4, 0.5) is 0 Å². The highest BCUT2D eigenvalue weighted by atomic mass is 16.1. The Morgan fingerprint density at radius 2 is 1.93 bits per heavy atom. The fourth-order valence-corrected chi connectivity index (χ4v) is 1.43. The van der Waals surface area contributed by atoms with Gasteiger partial charge in [0.25, 0.3) is 0 Å². The third-order valence-electron chi connectivity index (χ3n) is 2.36. The van der Waals surface area contributed by atoms with Crippen LogP contribution in [0.3, 0.4) is 0 Å². The summed E-state index contributed by atoms with van der Waals surface area (Å²) in [5.74, 6) is 0.00926. The van der Waals surface area contributed by atoms with Crippen molar-refractivity contribution in [1.82, 2.24) is 9.55 Å². The number of hydrogen-bond acceptors (Lipinski definition) is 2. The van der Waals surface area contributed by atoms with Crippen LogP contribution >= 0.6 is 0 Å². The quantitative estimate of drug-likeness (QED) is 0.694. The summed E-state index contributed by atoms with van der Waals surface area (Å²) >= 11 is 0. The van der Waals surface area contributed by atoms with Crippen molar-refractivity contribution < 1.29 is 4.79 Å². The van der Waals surface area contributed by atoms with Gasteiger partial charge in [0, 0.05) is 12.6 Å². The Labute approximate surface area is 88.4 Å². The first-order valence-corrected chi connectivity index (χ1v) is 4.76. The smallest absolute Gasteiger partial charge is 0.210 e. The number of aromatic nitrogens is 2. The Balaban J connectivity index is 2.37. The van der Waals surface area contributed by atoms with E-state index in [4.69, 9.17) is 0 Å². The molecule has 0 saturated heterocycles. The number of imidazole rings is 1. The van der Waals surface area contributed by atoms with E-state index in [9.17, 15) is 4.79 Å². The second-order valence-corrected chi connectivity index (χ2v) is 3.58. The van der Waals surface area contributed by atoms with Crippen molar-refractivity contribution in [2.45, 2.75) is 6.92 Å². The van der Waals surface area contributed by atoms with Gasteiger partial charge in [0.05, 0.1) is 12.5 Å². The van der Waals surface area contributed by atoms with Gasteiger partial charge in [0.1, 0.15) is 5.69 Å². The number of aryl methyl sites for hydroxylation is 2. The molecule has 3 heteroatoms. The second kappa shape index (κ2) is 3.69. The topological polar surface area (TPSA) is 34.9 Å². The summed E-state index contributed by atoms with van der Waals surface area (Å²) in [5.41, 5.74) is 2.46. The molecule has 0 aliphatic carbocycles. The monoisotopic (exact) mass is 200 g/mol. The molecule has 0 spiro atoms. The van der Waals surface area contributed by atoms with Gasteiger partial charge in [-0.1, -0.05) is 29.8 Å². The average Bonchev–Trinajstić information content (AvgIpc) is 2.65. The highest BCUT2D eigenvalue weighted by Gasteiger charge is 2.11. The van der Waals surface area contributed by atoms with E-state index in [1.165, 1.54) is 0 Å². The molecule has 2 rings (SSSR count). The summed E-state index contributed by atoms with van der Waals surface area (Å²) in [5, 5.41) is 0. The van der Waals surface area contributed by atoms with Crippen molar-refractivity contribution in [2.75, 3.05) is 0 Å². The lowest BCUT2D eigenvalue weighted by atomic mass is 10.1. The first kappa shape index (κ1) is 9.65. The number of ketones is 1. The number of benzene rings is 1. The van der Waals surface area contributed by atoms with E-state index >= 15 is 0 Å². The molecule has 0 fully saturated rings. The fourth-order valence-electron chi connectivity index (χ4n) is 1.43. The standard InChI is InChI=1S/C12H12N2O/c1-9-3-5-10(6-4-9)12(15)11-7-13-8-14(11)2/h3-8H,1-2H3. The zero-order chi connectivity index (χ0) is 10.8. The van der Waals surface area contributed by atoms with Gasteiger partial charge < -0.3 is 4.57 Å². The molecule has 1 aromatic heterocycles. The molecule has 0 atom stereocenters. The van der Waals surface area contributed by atoms with E-state index in [0.29, 0.717) is 11.3 Å². The van der Waals surface area contributed by atoms with Gasteiger partial charge in [-0.05, 0) is 6.92 Å². The Morgan fingerprint density at radius 1 is 1.27 bits per heavy atom. The van der Waals surface area contributed by atoms with Gasteiger partial charge in [-0.25, -0.2) is 4.98 Å². The summed E-state index contributed by atoms with van der Waals surface area (Å²) in [7, 11) is 1.81. The largest absolute Gasteiger partial charge is 0.331 e. The molecule has 0 aliphatic heterocycles. The fraction of sp³-hybridized carbons (Fsp3) is 0.167. The van der Waals surface area contributed by atoms with Crippen molar-refractivity contribution >= 4 is 5.78 Å². The molecule has 1 aromatic carbocycles.